The van der Waals surface area contributed by atoms with Crippen molar-refractivity contribution in [1.82, 2.24) is 10.3 Å². The fourth-order valence-electron chi connectivity index (χ4n) is 3.19. The van der Waals surface area contributed by atoms with Gasteiger partial charge in [0.2, 0.25) is 5.91 Å². The maximum atomic E-state index is 12.9. The highest BCUT2D eigenvalue weighted by atomic mass is 16.5. The number of benzene rings is 1. The van der Waals surface area contributed by atoms with Gasteiger partial charge in [-0.15, -0.1) is 0 Å². The standard InChI is InChI=1S/C19H25N3O3/c1-19(2)13-25-15(9-8-14-6-4-3-5-7-14)12-22(19)18(24)16-10-11-17(23)21-20-16/h3-7,15H,8-13H2,1-2H3,(H,21,23). The van der Waals surface area contributed by atoms with E-state index in [9.17, 15) is 9.59 Å². The first-order chi connectivity index (χ1) is 12.0. The van der Waals surface area contributed by atoms with Gasteiger partial charge in [-0.1, -0.05) is 30.3 Å². The van der Waals surface area contributed by atoms with Crippen LogP contribution >= 0.6 is 0 Å². The second-order valence-corrected chi connectivity index (χ2v) is 7.28. The average molecular weight is 343 g/mol. The molecule has 0 radical (unpaired) electrons. The molecular formula is C19H25N3O3. The zero-order chi connectivity index (χ0) is 17.9. The molecule has 0 aromatic heterocycles. The third kappa shape index (κ3) is 4.25. The predicted molar refractivity (Wildman–Crippen MR) is 95.1 cm³/mol. The van der Waals surface area contributed by atoms with E-state index in [1.54, 1.807) is 0 Å². The summed E-state index contributed by atoms with van der Waals surface area (Å²) >= 11 is 0. The molecule has 1 fully saturated rings. The summed E-state index contributed by atoms with van der Waals surface area (Å²) in [6.07, 6.45) is 2.51. The number of aryl methyl sites for hydroxylation is 1. The Labute approximate surface area is 148 Å². The zero-order valence-electron chi connectivity index (χ0n) is 14.8. The molecule has 1 aromatic rings. The summed E-state index contributed by atoms with van der Waals surface area (Å²) < 4.78 is 6.00. The van der Waals surface area contributed by atoms with E-state index < -0.39 is 0 Å². The molecule has 1 saturated heterocycles. The second kappa shape index (κ2) is 7.35. The van der Waals surface area contributed by atoms with E-state index in [1.165, 1.54) is 5.56 Å². The van der Waals surface area contributed by atoms with E-state index in [0.29, 0.717) is 31.7 Å². The van der Waals surface area contributed by atoms with Crippen LogP contribution in [0.2, 0.25) is 0 Å². The lowest BCUT2D eigenvalue weighted by molar-refractivity contribution is -0.147. The number of ether oxygens (including phenoxy) is 1. The number of hydrogen-bond donors (Lipinski definition) is 1. The van der Waals surface area contributed by atoms with Crippen LogP contribution in [0.15, 0.2) is 35.4 Å². The Balaban J connectivity index is 1.64. The average Bonchev–Trinajstić information content (AvgIpc) is 2.61. The maximum Gasteiger partial charge on any atom is 0.270 e. The first-order valence-corrected chi connectivity index (χ1v) is 8.78. The number of morpholine rings is 1. The number of carbonyl (C=O) groups excluding carboxylic acids is 2. The number of carbonyl (C=O) groups is 2. The molecule has 0 bridgehead atoms. The molecular weight excluding hydrogens is 318 g/mol. The summed E-state index contributed by atoms with van der Waals surface area (Å²) in [5.74, 6) is -0.239. The summed E-state index contributed by atoms with van der Waals surface area (Å²) in [6, 6.07) is 10.3. The quantitative estimate of drug-likeness (QED) is 0.907. The van der Waals surface area contributed by atoms with Crippen molar-refractivity contribution in [2.45, 2.75) is 51.2 Å². The molecule has 1 atom stereocenters. The van der Waals surface area contributed by atoms with Gasteiger partial charge in [-0.05, 0) is 32.3 Å². The molecule has 2 amide bonds. The van der Waals surface area contributed by atoms with Crippen molar-refractivity contribution < 1.29 is 14.3 Å². The van der Waals surface area contributed by atoms with Crippen LogP contribution in [0.1, 0.15) is 38.7 Å². The Morgan fingerprint density at radius 1 is 1.32 bits per heavy atom. The Morgan fingerprint density at radius 3 is 2.76 bits per heavy atom. The summed E-state index contributed by atoms with van der Waals surface area (Å²) in [7, 11) is 0. The van der Waals surface area contributed by atoms with Crippen LogP contribution in [-0.4, -0.2) is 47.2 Å². The highest BCUT2D eigenvalue weighted by Gasteiger charge is 2.39. The molecule has 2 heterocycles. The Kier molecular flexibility index (Phi) is 5.18. The largest absolute Gasteiger partial charge is 0.374 e. The van der Waals surface area contributed by atoms with Crippen molar-refractivity contribution in [2.75, 3.05) is 13.2 Å². The number of hydrazone groups is 1. The molecule has 134 valence electrons. The lowest BCUT2D eigenvalue weighted by Crippen LogP contribution is -2.60. The van der Waals surface area contributed by atoms with Crippen molar-refractivity contribution in [3.05, 3.63) is 35.9 Å². The number of nitrogens with one attached hydrogen (secondary N) is 1. The van der Waals surface area contributed by atoms with Crippen LogP contribution in [-0.2, 0) is 20.7 Å². The molecule has 0 saturated carbocycles. The lowest BCUT2D eigenvalue weighted by atomic mass is 9.97. The van der Waals surface area contributed by atoms with Crippen LogP contribution in [0.25, 0.3) is 0 Å². The molecule has 6 heteroatoms. The zero-order valence-corrected chi connectivity index (χ0v) is 14.8. The third-order valence-electron chi connectivity index (χ3n) is 4.78. The van der Waals surface area contributed by atoms with E-state index >= 15 is 0 Å². The number of nitrogens with zero attached hydrogens (tertiary/aromatic N) is 2. The van der Waals surface area contributed by atoms with Crippen LogP contribution in [0, 0.1) is 0 Å². The molecule has 2 aliphatic heterocycles. The van der Waals surface area contributed by atoms with E-state index in [0.717, 1.165) is 12.8 Å². The smallest absolute Gasteiger partial charge is 0.270 e. The second-order valence-electron chi connectivity index (χ2n) is 7.28. The molecule has 0 spiro atoms. The van der Waals surface area contributed by atoms with Crippen molar-refractivity contribution in [3.8, 4) is 0 Å². The van der Waals surface area contributed by atoms with Gasteiger partial charge in [0.05, 0.1) is 18.2 Å². The molecule has 1 unspecified atom stereocenters. The fraction of sp³-hybridized carbons (Fsp3) is 0.526. The normalized spacial score (nSPS) is 23.0. The highest BCUT2D eigenvalue weighted by Crippen LogP contribution is 2.25. The van der Waals surface area contributed by atoms with E-state index in [-0.39, 0.29) is 23.5 Å². The molecule has 25 heavy (non-hydrogen) atoms. The third-order valence-corrected chi connectivity index (χ3v) is 4.78. The molecule has 3 rings (SSSR count). The van der Waals surface area contributed by atoms with Crippen LogP contribution < -0.4 is 5.43 Å². The fourth-order valence-corrected chi connectivity index (χ4v) is 3.19. The van der Waals surface area contributed by atoms with Gasteiger partial charge in [0, 0.05) is 19.4 Å². The van der Waals surface area contributed by atoms with E-state index in [2.05, 4.69) is 22.7 Å². The summed E-state index contributed by atoms with van der Waals surface area (Å²) in [6.45, 7) is 5.05. The predicted octanol–water partition coefficient (Wildman–Crippen LogP) is 1.89. The number of rotatable bonds is 4. The Morgan fingerprint density at radius 2 is 2.08 bits per heavy atom. The van der Waals surface area contributed by atoms with Gasteiger partial charge in [-0.2, -0.15) is 5.10 Å². The molecule has 1 N–H and O–H groups in total. The van der Waals surface area contributed by atoms with Crippen LogP contribution in [0.3, 0.4) is 0 Å². The number of amides is 2. The summed E-state index contributed by atoms with van der Waals surface area (Å²) in [5.41, 5.74) is 3.72. The lowest BCUT2D eigenvalue weighted by Gasteiger charge is -2.45. The molecule has 0 aliphatic carbocycles. The van der Waals surface area contributed by atoms with Gasteiger partial charge in [0.1, 0.15) is 5.71 Å². The monoisotopic (exact) mass is 343 g/mol. The maximum absolute atomic E-state index is 12.9. The first kappa shape index (κ1) is 17.6. The van der Waals surface area contributed by atoms with Crippen molar-refractivity contribution in [1.29, 1.82) is 0 Å². The van der Waals surface area contributed by atoms with Crippen molar-refractivity contribution in [3.63, 3.8) is 0 Å². The minimum absolute atomic E-state index is 0.0102. The van der Waals surface area contributed by atoms with Gasteiger partial charge in [0.25, 0.3) is 5.91 Å². The SMILES string of the molecule is CC1(C)COC(CCc2ccccc2)CN1C(=O)C1=NNC(=O)CC1. The minimum Gasteiger partial charge on any atom is -0.374 e. The highest BCUT2D eigenvalue weighted by molar-refractivity contribution is 6.39. The summed E-state index contributed by atoms with van der Waals surface area (Å²) in [4.78, 5) is 26.0. The van der Waals surface area contributed by atoms with Crippen LogP contribution in [0.5, 0.6) is 0 Å². The Hall–Kier alpha value is -2.21. The van der Waals surface area contributed by atoms with Gasteiger partial charge in [-0.25, -0.2) is 5.43 Å². The molecule has 1 aromatic carbocycles. The van der Waals surface area contributed by atoms with E-state index in [4.69, 9.17) is 4.74 Å². The Bertz CT molecular complexity index is 670. The van der Waals surface area contributed by atoms with Gasteiger partial charge < -0.3 is 9.64 Å². The molecule has 6 nitrogen and oxygen atoms in total. The van der Waals surface area contributed by atoms with Crippen molar-refractivity contribution in [2.24, 2.45) is 5.10 Å². The van der Waals surface area contributed by atoms with Gasteiger partial charge >= 0.3 is 0 Å². The topological polar surface area (TPSA) is 71.0 Å². The summed E-state index contributed by atoms with van der Waals surface area (Å²) in [5, 5.41) is 3.95. The van der Waals surface area contributed by atoms with Gasteiger partial charge in [0.15, 0.2) is 0 Å². The van der Waals surface area contributed by atoms with Crippen molar-refractivity contribution >= 4 is 17.5 Å². The minimum atomic E-state index is -0.385. The van der Waals surface area contributed by atoms with Crippen LogP contribution in [0.4, 0.5) is 0 Å². The first-order valence-electron chi connectivity index (χ1n) is 8.78. The van der Waals surface area contributed by atoms with E-state index in [1.807, 2.05) is 36.9 Å². The number of hydrogen-bond acceptors (Lipinski definition) is 4. The molecule has 2 aliphatic rings. The van der Waals surface area contributed by atoms with Gasteiger partial charge in [-0.3, -0.25) is 9.59 Å².